The fraction of sp³-hybridized carbons (Fsp3) is 0.429. The molecule has 1 heteroatoms. The van der Waals surface area contributed by atoms with Crippen LogP contribution in [0.2, 0.25) is 0 Å². The van der Waals surface area contributed by atoms with Crippen molar-refractivity contribution < 1.29 is 0 Å². The first kappa shape index (κ1) is 11.8. The summed E-state index contributed by atoms with van der Waals surface area (Å²) in [6, 6.07) is 6.60. The van der Waals surface area contributed by atoms with E-state index in [4.69, 9.17) is 0 Å². The largest absolute Gasteiger partial charge is 0.388 e. The highest BCUT2D eigenvalue weighted by Crippen LogP contribution is 2.24. The van der Waals surface area contributed by atoms with Crippen molar-refractivity contribution in [1.29, 1.82) is 0 Å². The van der Waals surface area contributed by atoms with Crippen LogP contribution in [0.25, 0.3) is 5.57 Å². The van der Waals surface area contributed by atoms with Gasteiger partial charge in [-0.15, -0.1) is 0 Å². The van der Waals surface area contributed by atoms with E-state index in [1.165, 1.54) is 36.1 Å². The third-order valence-corrected chi connectivity index (χ3v) is 2.63. The molecule has 0 saturated heterocycles. The predicted molar refractivity (Wildman–Crippen MR) is 69.3 cm³/mol. The standard InChI is InChI=1S/C14H21N/c1-5-6-7-12-8-9-14(15-4)13(10-12)11(2)3/h8-10,15H,2,5-7H2,1,3-4H3. The minimum atomic E-state index is 1.12. The number of allylic oxidation sites excluding steroid dienone is 1. The van der Waals surface area contributed by atoms with Crippen molar-refractivity contribution in [2.45, 2.75) is 33.1 Å². The van der Waals surface area contributed by atoms with Crippen molar-refractivity contribution in [3.05, 3.63) is 35.9 Å². The number of aryl methyl sites for hydroxylation is 1. The number of benzene rings is 1. The second-order valence-corrected chi connectivity index (χ2v) is 4.01. The van der Waals surface area contributed by atoms with Gasteiger partial charge in [0.1, 0.15) is 0 Å². The summed E-state index contributed by atoms with van der Waals surface area (Å²) in [6.45, 7) is 8.29. The zero-order chi connectivity index (χ0) is 11.3. The molecule has 1 aromatic rings. The Balaban J connectivity index is 2.94. The van der Waals surface area contributed by atoms with Gasteiger partial charge < -0.3 is 5.32 Å². The molecule has 0 heterocycles. The van der Waals surface area contributed by atoms with Crippen LogP contribution in [0.15, 0.2) is 24.8 Å². The zero-order valence-corrected chi connectivity index (χ0v) is 10.1. The second-order valence-electron chi connectivity index (χ2n) is 4.01. The van der Waals surface area contributed by atoms with Gasteiger partial charge in [0.05, 0.1) is 0 Å². The minimum Gasteiger partial charge on any atom is -0.388 e. The van der Waals surface area contributed by atoms with Gasteiger partial charge in [-0.3, -0.25) is 0 Å². The van der Waals surface area contributed by atoms with Gasteiger partial charge in [-0.25, -0.2) is 0 Å². The van der Waals surface area contributed by atoms with E-state index in [-0.39, 0.29) is 0 Å². The molecule has 0 aliphatic rings. The first-order valence-electron chi connectivity index (χ1n) is 5.65. The van der Waals surface area contributed by atoms with Gasteiger partial charge in [-0.05, 0) is 43.0 Å². The molecule has 0 aliphatic heterocycles. The molecule has 0 unspecified atom stereocenters. The lowest BCUT2D eigenvalue weighted by molar-refractivity contribution is 0.795. The van der Waals surface area contributed by atoms with E-state index in [0.717, 1.165) is 5.57 Å². The van der Waals surface area contributed by atoms with Crippen molar-refractivity contribution in [3.8, 4) is 0 Å². The van der Waals surface area contributed by atoms with Gasteiger partial charge in [-0.2, -0.15) is 0 Å². The maximum Gasteiger partial charge on any atom is 0.0413 e. The van der Waals surface area contributed by atoms with Crippen LogP contribution in [0.4, 0.5) is 5.69 Å². The number of nitrogens with one attached hydrogen (secondary N) is 1. The van der Waals surface area contributed by atoms with Crippen LogP contribution >= 0.6 is 0 Å². The summed E-state index contributed by atoms with van der Waals surface area (Å²) >= 11 is 0. The highest BCUT2D eigenvalue weighted by Gasteiger charge is 2.03. The molecule has 0 saturated carbocycles. The molecule has 0 aromatic heterocycles. The second kappa shape index (κ2) is 5.59. The molecular formula is C14H21N. The predicted octanol–water partition coefficient (Wildman–Crippen LogP) is 4.10. The number of hydrogen-bond donors (Lipinski definition) is 1. The summed E-state index contributed by atoms with van der Waals surface area (Å²) in [5.41, 5.74) is 4.94. The van der Waals surface area contributed by atoms with Crippen LogP contribution in [-0.4, -0.2) is 7.05 Å². The molecule has 0 aliphatic carbocycles. The van der Waals surface area contributed by atoms with Gasteiger partial charge in [0, 0.05) is 18.3 Å². The molecule has 82 valence electrons. The van der Waals surface area contributed by atoms with E-state index in [2.05, 4.69) is 43.9 Å². The lowest BCUT2D eigenvalue weighted by Crippen LogP contribution is -1.95. The Morgan fingerprint density at radius 1 is 1.40 bits per heavy atom. The Morgan fingerprint density at radius 2 is 2.13 bits per heavy atom. The minimum absolute atomic E-state index is 1.12. The Labute approximate surface area is 93.2 Å². The SMILES string of the molecule is C=C(C)c1cc(CCCC)ccc1NC. The first-order chi connectivity index (χ1) is 7.19. The molecule has 1 aromatic carbocycles. The Kier molecular flexibility index (Phi) is 4.41. The van der Waals surface area contributed by atoms with E-state index in [9.17, 15) is 0 Å². The monoisotopic (exact) mass is 203 g/mol. The van der Waals surface area contributed by atoms with Crippen LogP contribution in [-0.2, 0) is 6.42 Å². The lowest BCUT2D eigenvalue weighted by Gasteiger charge is -2.11. The van der Waals surface area contributed by atoms with Crippen molar-refractivity contribution in [3.63, 3.8) is 0 Å². The van der Waals surface area contributed by atoms with Crippen LogP contribution < -0.4 is 5.32 Å². The summed E-state index contributed by atoms with van der Waals surface area (Å²) in [6.07, 6.45) is 3.67. The quantitative estimate of drug-likeness (QED) is 0.759. The molecule has 0 spiro atoms. The topological polar surface area (TPSA) is 12.0 Å². The van der Waals surface area contributed by atoms with E-state index in [1.807, 2.05) is 7.05 Å². The lowest BCUT2D eigenvalue weighted by atomic mass is 10.0. The first-order valence-corrected chi connectivity index (χ1v) is 5.65. The fourth-order valence-corrected chi connectivity index (χ4v) is 1.70. The Morgan fingerprint density at radius 3 is 2.67 bits per heavy atom. The van der Waals surface area contributed by atoms with E-state index < -0.39 is 0 Å². The summed E-state index contributed by atoms with van der Waals surface area (Å²) in [4.78, 5) is 0. The molecule has 0 amide bonds. The third kappa shape index (κ3) is 3.12. The smallest absolute Gasteiger partial charge is 0.0413 e. The molecule has 0 radical (unpaired) electrons. The van der Waals surface area contributed by atoms with Gasteiger partial charge in [0.15, 0.2) is 0 Å². The maximum atomic E-state index is 4.02. The van der Waals surface area contributed by atoms with Crippen molar-refractivity contribution in [2.75, 3.05) is 12.4 Å². The van der Waals surface area contributed by atoms with Crippen LogP contribution in [0.5, 0.6) is 0 Å². The van der Waals surface area contributed by atoms with Gasteiger partial charge >= 0.3 is 0 Å². The van der Waals surface area contributed by atoms with E-state index in [1.54, 1.807) is 0 Å². The average molecular weight is 203 g/mol. The molecular weight excluding hydrogens is 182 g/mol. The number of rotatable bonds is 5. The molecule has 0 atom stereocenters. The zero-order valence-electron chi connectivity index (χ0n) is 10.1. The van der Waals surface area contributed by atoms with Gasteiger partial charge in [0.25, 0.3) is 0 Å². The summed E-state index contributed by atoms with van der Waals surface area (Å²) in [5, 5.41) is 3.20. The van der Waals surface area contributed by atoms with Crippen molar-refractivity contribution in [2.24, 2.45) is 0 Å². The van der Waals surface area contributed by atoms with E-state index in [0.29, 0.717) is 0 Å². The van der Waals surface area contributed by atoms with E-state index >= 15 is 0 Å². The van der Waals surface area contributed by atoms with Crippen LogP contribution in [0.1, 0.15) is 37.8 Å². The molecule has 1 rings (SSSR count). The summed E-state index contributed by atoms with van der Waals surface area (Å²) < 4.78 is 0. The highest BCUT2D eigenvalue weighted by atomic mass is 14.8. The van der Waals surface area contributed by atoms with Crippen LogP contribution in [0, 0.1) is 0 Å². The van der Waals surface area contributed by atoms with Crippen LogP contribution in [0.3, 0.4) is 0 Å². The molecule has 0 bridgehead atoms. The Bertz CT molecular complexity index is 339. The molecule has 0 fully saturated rings. The van der Waals surface area contributed by atoms with Crippen molar-refractivity contribution in [1.82, 2.24) is 0 Å². The fourth-order valence-electron chi connectivity index (χ4n) is 1.70. The summed E-state index contributed by atoms with van der Waals surface area (Å²) in [5.74, 6) is 0. The summed E-state index contributed by atoms with van der Waals surface area (Å²) in [7, 11) is 1.95. The van der Waals surface area contributed by atoms with Gasteiger partial charge in [0.2, 0.25) is 0 Å². The molecule has 15 heavy (non-hydrogen) atoms. The third-order valence-electron chi connectivity index (χ3n) is 2.63. The molecule has 1 nitrogen and oxygen atoms in total. The highest BCUT2D eigenvalue weighted by molar-refractivity contribution is 5.74. The Hall–Kier alpha value is -1.24. The normalized spacial score (nSPS) is 10.1. The number of hydrogen-bond acceptors (Lipinski definition) is 1. The number of anilines is 1. The maximum absolute atomic E-state index is 4.02. The molecule has 1 N–H and O–H groups in total. The average Bonchev–Trinajstić information content (AvgIpc) is 2.25. The van der Waals surface area contributed by atoms with Gasteiger partial charge in [-0.1, -0.05) is 26.0 Å². The van der Waals surface area contributed by atoms with Crippen molar-refractivity contribution >= 4 is 11.3 Å². The number of unbranched alkanes of at least 4 members (excludes halogenated alkanes) is 1.